The maximum atomic E-state index is 8.58. The van der Waals surface area contributed by atoms with Gasteiger partial charge in [-0.25, -0.2) is 0 Å². The Hall–Kier alpha value is 0.820. The molecule has 0 amide bonds. The van der Waals surface area contributed by atoms with Crippen LogP contribution in [0.2, 0.25) is 0 Å². The first-order chi connectivity index (χ1) is 4.93. The van der Waals surface area contributed by atoms with Gasteiger partial charge in [0.15, 0.2) is 0 Å². The zero-order chi connectivity index (χ0) is 9.07. The monoisotopic (exact) mass is 238 g/mol. The van der Waals surface area contributed by atoms with Gasteiger partial charge in [-0.15, -0.1) is 0 Å². The molecule has 6 heteroatoms. The molecule has 0 radical (unpaired) electrons. The van der Waals surface area contributed by atoms with Crippen LogP contribution in [0.5, 0.6) is 0 Å². The molecule has 0 saturated heterocycles. The lowest BCUT2D eigenvalue weighted by Gasteiger charge is -2.12. The van der Waals surface area contributed by atoms with Gasteiger partial charge in [0.2, 0.25) is 3.79 Å². The third-order valence-corrected chi connectivity index (χ3v) is 2.35. The highest BCUT2D eigenvalue weighted by Crippen LogP contribution is 2.38. The van der Waals surface area contributed by atoms with Gasteiger partial charge in [0.1, 0.15) is 0 Å². The number of alkyl halides is 3. The summed E-state index contributed by atoms with van der Waals surface area (Å²) in [6, 6.07) is 0. The molecule has 0 atom stereocenters. The molecular weight excluding hydrogens is 234 g/mol. The van der Waals surface area contributed by atoms with Crippen LogP contribution >= 0.6 is 46.4 Å². The van der Waals surface area contributed by atoms with E-state index in [0.717, 1.165) is 0 Å². The second-order valence-electron chi connectivity index (χ2n) is 1.73. The molecule has 0 unspecified atom stereocenters. The average molecular weight is 240 g/mol. The van der Waals surface area contributed by atoms with Gasteiger partial charge < -0.3 is 10.2 Å². The lowest BCUT2D eigenvalue weighted by molar-refractivity contribution is 0.275. The van der Waals surface area contributed by atoms with Crippen LogP contribution in [-0.4, -0.2) is 27.2 Å². The molecule has 0 aromatic rings. The topological polar surface area (TPSA) is 40.5 Å². The minimum Gasteiger partial charge on any atom is -0.392 e. The Morgan fingerprint density at radius 3 is 1.55 bits per heavy atom. The van der Waals surface area contributed by atoms with E-state index in [-0.39, 0.29) is 10.6 Å². The summed E-state index contributed by atoms with van der Waals surface area (Å²) in [7, 11) is 0. The Labute approximate surface area is 84.3 Å². The molecule has 11 heavy (non-hydrogen) atoms. The normalized spacial score (nSPS) is 11.5. The van der Waals surface area contributed by atoms with Gasteiger partial charge in [-0.1, -0.05) is 46.4 Å². The molecule has 0 aliphatic heterocycles. The van der Waals surface area contributed by atoms with Crippen LogP contribution in [-0.2, 0) is 0 Å². The highest BCUT2D eigenvalue weighted by molar-refractivity contribution is 6.72. The predicted octanol–water partition coefficient (Wildman–Crippen LogP) is 1.83. The smallest absolute Gasteiger partial charge is 0.226 e. The predicted molar refractivity (Wildman–Crippen MR) is 47.3 cm³/mol. The zero-order valence-corrected chi connectivity index (χ0v) is 8.34. The van der Waals surface area contributed by atoms with Gasteiger partial charge in [-0.3, -0.25) is 0 Å². The van der Waals surface area contributed by atoms with Crippen LogP contribution in [0.1, 0.15) is 0 Å². The van der Waals surface area contributed by atoms with Crippen molar-refractivity contribution in [3.8, 4) is 0 Å². The van der Waals surface area contributed by atoms with E-state index in [1.807, 2.05) is 0 Å². The first-order valence-electron chi connectivity index (χ1n) is 2.60. The molecule has 0 spiro atoms. The van der Waals surface area contributed by atoms with Crippen molar-refractivity contribution in [2.45, 2.75) is 3.79 Å². The first kappa shape index (κ1) is 11.8. The molecule has 0 saturated carbocycles. The summed E-state index contributed by atoms with van der Waals surface area (Å²) in [5.41, 5.74) is 0.103. The first-order valence-corrected chi connectivity index (χ1v) is 4.11. The Morgan fingerprint density at radius 1 is 1.09 bits per heavy atom. The van der Waals surface area contributed by atoms with Gasteiger partial charge in [0.25, 0.3) is 0 Å². The summed E-state index contributed by atoms with van der Waals surface area (Å²) in [5.74, 6) is 0. The summed E-state index contributed by atoms with van der Waals surface area (Å²) in [4.78, 5) is 0. The van der Waals surface area contributed by atoms with E-state index in [0.29, 0.717) is 0 Å². The highest BCUT2D eigenvalue weighted by atomic mass is 35.6. The number of hydrogen-bond donors (Lipinski definition) is 2. The van der Waals surface area contributed by atoms with Gasteiger partial charge in [0.05, 0.1) is 18.2 Å². The standard InChI is InChI=1S/C5H6Cl4O2/c6-4(5(7,8)9)3(1-10)2-11/h10-11H,1-2H2. The Balaban J connectivity index is 4.62. The number of hydrogen-bond acceptors (Lipinski definition) is 2. The van der Waals surface area contributed by atoms with Crippen molar-refractivity contribution in [1.82, 2.24) is 0 Å². The molecule has 0 rings (SSSR count). The third-order valence-electron chi connectivity index (χ3n) is 0.941. The summed E-state index contributed by atoms with van der Waals surface area (Å²) in [6.07, 6.45) is 0. The van der Waals surface area contributed by atoms with Gasteiger partial charge in [0, 0.05) is 0 Å². The number of allylic oxidation sites excluding steroid dienone is 1. The minimum absolute atomic E-state index is 0.103. The molecular formula is C5H6Cl4O2. The van der Waals surface area contributed by atoms with Crippen molar-refractivity contribution in [2.24, 2.45) is 0 Å². The quantitative estimate of drug-likeness (QED) is 0.722. The molecule has 0 aliphatic carbocycles. The van der Waals surface area contributed by atoms with Crippen molar-refractivity contribution >= 4 is 46.4 Å². The molecule has 2 nitrogen and oxygen atoms in total. The van der Waals surface area contributed by atoms with E-state index in [1.54, 1.807) is 0 Å². The van der Waals surface area contributed by atoms with Crippen LogP contribution in [0, 0.1) is 0 Å². The molecule has 0 aromatic carbocycles. The van der Waals surface area contributed by atoms with Gasteiger partial charge >= 0.3 is 0 Å². The molecule has 2 N–H and O–H groups in total. The maximum absolute atomic E-state index is 8.58. The second-order valence-corrected chi connectivity index (χ2v) is 4.39. The number of halogens is 4. The van der Waals surface area contributed by atoms with Gasteiger partial charge in [-0.2, -0.15) is 0 Å². The lowest BCUT2D eigenvalue weighted by atomic mass is 10.3. The van der Waals surface area contributed by atoms with Crippen LogP contribution in [0.15, 0.2) is 10.6 Å². The van der Waals surface area contributed by atoms with Crippen LogP contribution < -0.4 is 0 Å². The number of aliphatic hydroxyl groups is 2. The SMILES string of the molecule is OCC(CO)=C(Cl)C(Cl)(Cl)Cl. The summed E-state index contributed by atoms with van der Waals surface area (Å²) in [6.45, 7) is -0.855. The van der Waals surface area contributed by atoms with Gasteiger partial charge in [-0.05, 0) is 5.57 Å². The Kier molecular flexibility index (Phi) is 5.10. The van der Waals surface area contributed by atoms with Crippen LogP contribution in [0.4, 0.5) is 0 Å². The minimum atomic E-state index is -1.78. The Bertz CT molecular complexity index is 154. The molecule has 0 aliphatic rings. The molecule has 0 bridgehead atoms. The molecule has 0 aromatic heterocycles. The maximum Gasteiger partial charge on any atom is 0.226 e. The summed E-state index contributed by atoms with van der Waals surface area (Å²) >= 11 is 21.6. The Morgan fingerprint density at radius 2 is 1.45 bits per heavy atom. The van der Waals surface area contributed by atoms with Crippen molar-refractivity contribution in [3.05, 3.63) is 10.6 Å². The van der Waals surface area contributed by atoms with E-state index >= 15 is 0 Å². The molecule has 0 fully saturated rings. The fraction of sp³-hybridized carbons (Fsp3) is 0.600. The fourth-order valence-corrected chi connectivity index (χ4v) is 0.910. The van der Waals surface area contributed by atoms with Crippen molar-refractivity contribution in [2.75, 3.05) is 13.2 Å². The molecule has 66 valence electrons. The summed E-state index contributed by atoms with van der Waals surface area (Å²) < 4.78 is -1.78. The third kappa shape index (κ3) is 3.83. The van der Waals surface area contributed by atoms with Crippen molar-refractivity contribution < 1.29 is 10.2 Å². The van der Waals surface area contributed by atoms with Crippen LogP contribution in [0.3, 0.4) is 0 Å². The zero-order valence-electron chi connectivity index (χ0n) is 5.32. The number of aliphatic hydroxyl groups excluding tert-OH is 2. The summed E-state index contributed by atoms with van der Waals surface area (Å²) in [5, 5.41) is 17.0. The van der Waals surface area contributed by atoms with E-state index in [2.05, 4.69) is 0 Å². The van der Waals surface area contributed by atoms with E-state index in [9.17, 15) is 0 Å². The lowest BCUT2D eigenvalue weighted by Crippen LogP contribution is -2.09. The van der Waals surface area contributed by atoms with E-state index < -0.39 is 17.0 Å². The molecule has 0 heterocycles. The van der Waals surface area contributed by atoms with E-state index in [1.165, 1.54) is 0 Å². The van der Waals surface area contributed by atoms with Crippen molar-refractivity contribution in [3.63, 3.8) is 0 Å². The second kappa shape index (κ2) is 4.75. The van der Waals surface area contributed by atoms with Crippen molar-refractivity contribution in [1.29, 1.82) is 0 Å². The average Bonchev–Trinajstić information content (AvgIpc) is 1.88. The van der Waals surface area contributed by atoms with E-state index in [4.69, 9.17) is 56.6 Å². The van der Waals surface area contributed by atoms with Crippen LogP contribution in [0.25, 0.3) is 0 Å². The fourth-order valence-electron chi connectivity index (χ4n) is 0.389. The highest BCUT2D eigenvalue weighted by Gasteiger charge is 2.27. The number of rotatable bonds is 2. The largest absolute Gasteiger partial charge is 0.392 e.